The first-order valence-electron chi connectivity index (χ1n) is 6.07. The molecule has 0 aromatic rings. The molecule has 0 aliphatic rings. The Morgan fingerprint density at radius 1 is 1.26 bits per heavy atom. The fourth-order valence-electron chi connectivity index (χ4n) is 1.26. The minimum atomic E-state index is -2.64. The minimum absolute atomic E-state index is 0.102. The number of amides is 1. The number of alkyl halides is 2. The molecule has 7 heteroatoms. The summed E-state index contributed by atoms with van der Waals surface area (Å²) in [6, 6.07) is 0. The third kappa shape index (κ3) is 9.21. The number of esters is 1. The fraction of sp³-hybridized carbons (Fsp3) is 0.833. The topological polar surface area (TPSA) is 64.6 Å². The highest BCUT2D eigenvalue weighted by Gasteiger charge is 2.25. The molecule has 0 aromatic heterocycles. The quantitative estimate of drug-likeness (QED) is 0.759. The van der Waals surface area contributed by atoms with Crippen LogP contribution in [0.15, 0.2) is 0 Å². The second kappa shape index (κ2) is 7.91. The predicted octanol–water partition coefficient (Wildman–Crippen LogP) is 2.35. The van der Waals surface area contributed by atoms with Crippen LogP contribution in [0, 0.1) is 5.92 Å². The van der Waals surface area contributed by atoms with Gasteiger partial charge >= 0.3 is 12.1 Å². The fourth-order valence-corrected chi connectivity index (χ4v) is 1.26. The van der Waals surface area contributed by atoms with E-state index in [1.807, 2.05) is 0 Å². The average molecular weight is 281 g/mol. The van der Waals surface area contributed by atoms with Gasteiger partial charge in [0, 0.05) is 13.0 Å². The predicted molar refractivity (Wildman–Crippen MR) is 65.0 cm³/mol. The molecular formula is C12H21F2NO4. The summed E-state index contributed by atoms with van der Waals surface area (Å²) in [5.74, 6) is -1.83. The smallest absolute Gasteiger partial charge is 0.407 e. The maximum atomic E-state index is 12.3. The highest BCUT2D eigenvalue weighted by Crippen LogP contribution is 2.13. The van der Waals surface area contributed by atoms with E-state index in [1.54, 1.807) is 27.7 Å². The molecule has 5 nitrogen and oxygen atoms in total. The molecule has 0 radical (unpaired) electrons. The first kappa shape index (κ1) is 17.6. The van der Waals surface area contributed by atoms with Crippen LogP contribution in [0.4, 0.5) is 13.6 Å². The number of hydrogen-bond donors (Lipinski definition) is 1. The van der Waals surface area contributed by atoms with Crippen molar-refractivity contribution in [1.29, 1.82) is 0 Å². The summed E-state index contributed by atoms with van der Waals surface area (Å²) in [6.45, 7) is 6.47. The highest BCUT2D eigenvalue weighted by atomic mass is 19.3. The number of halogens is 2. The Balaban J connectivity index is 4.33. The number of carbonyl (C=O) groups excluding carboxylic acids is 2. The van der Waals surface area contributed by atoms with E-state index in [0.29, 0.717) is 0 Å². The van der Waals surface area contributed by atoms with E-state index in [1.165, 1.54) is 0 Å². The van der Waals surface area contributed by atoms with Gasteiger partial charge in [-0.1, -0.05) is 0 Å². The average Bonchev–Trinajstić information content (AvgIpc) is 2.21. The number of carbonyl (C=O) groups is 2. The van der Waals surface area contributed by atoms with E-state index in [-0.39, 0.29) is 13.2 Å². The molecular weight excluding hydrogens is 260 g/mol. The van der Waals surface area contributed by atoms with Crippen molar-refractivity contribution in [2.24, 2.45) is 5.92 Å². The van der Waals surface area contributed by atoms with Gasteiger partial charge in [0.1, 0.15) is 5.60 Å². The maximum absolute atomic E-state index is 12.3. The van der Waals surface area contributed by atoms with Crippen LogP contribution in [0.3, 0.4) is 0 Å². The van der Waals surface area contributed by atoms with Crippen LogP contribution < -0.4 is 5.32 Å². The van der Waals surface area contributed by atoms with E-state index in [2.05, 4.69) is 10.1 Å². The number of rotatable bonds is 6. The molecule has 19 heavy (non-hydrogen) atoms. The molecule has 1 atom stereocenters. The van der Waals surface area contributed by atoms with Crippen LogP contribution in [0.1, 0.15) is 34.1 Å². The summed E-state index contributed by atoms with van der Waals surface area (Å²) in [5.41, 5.74) is -0.688. The Hall–Kier alpha value is -1.40. The summed E-state index contributed by atoms with van der Waals surface area (Å²) in [4.78, 5) is 22.8. The molecule has 0 saturated heterocycles. The van der Waals surface area contributed by atoms with E-state index in [0.717, 1.165) is 0 Å². The molecule has 0 rings (SSSR count). The van der Waals surface area contributed by atoms with Crippen molar-refractivity contribution < 1.29 is 27.8 Å². The first-order valence-corrected chi connectivity index (χ1v) is 6.07. The zero-order valence-electron chi connectivity index (χ0n) is 11.7. The summed E-state index contributed by atoms with van der Waals surface area (Å²) in [6.07, 6.45) is -4.06. The van der Waals surface area contributed by atoms with Crippen molar-refractivity contribution in [3.8, 4) is 0 Å². The van der Waals surface area contributed by atoms with Crippen molar-refractivity contribution >= 4 is 12.1 Å². The Morgan fingerprint density at radius 3 is 2.26 bits per heavy atom. The van der Waals surface area contributed by atoms with E-state index in [9.17, 15) is 18.4 Å². The van der Waals surface area contributed by atoms with Gasteiger partial charge < -0.3 is 14.8 Å². The van der Waals surface area contributed by atoms with Crippen molar-refractivity contribution in [3.05, 3.63) is 0 Å². The maximum Gasteiger partial charge on any atom is 0.407 e. The lowest BCUT2D eigenvalue weighted by Gasteiger charge is -2.21. The standard InChI is InChI=1S/C12H21F2NO4/c1-5-18-10(16)8(6-9(13)14)7-15-11(17)19-12(2,3)4/h8-9H,5-7H2,1-4H3,(H,15,17). The highest BCUT2D eigenvalue weighted by molar-refractivity contribution is 5.74. The van der Waals surface area contributed by atoms with Crippen LogP contribution >= 0.6 is 0 Å². The number of alkyl carbamates (subject to hydrolysis) is 1. The molecule has 1 unspecified atom stereocenters. The Labute approximate surface area is 111 Å². The van der Waals surface area contributed by atoms with Crippen LogP contribution in [0.2, 0.25) is 0 Å². The normalized spacial score (nSPS) is 13.0. The van der Waals surface area contributed by atoms with Gasteiger partial charge in [0.15, 0.2) is 0 Å². The second-order valence-corrected chi connectivity index (χ2v) is 4.96. The van der Waals surface area contributed by atoms with Crippen LogP contribution in [0.5, 0.6) is 0 Å². The SMILES string of the molecule is CCOC(=O)C(CNC(=O)OC(C)(C)C)CC(F)F. The van der Waals surface area contributed by atoms with E-state index >= 15 is 0 Å². The minimum Gasteiger partial charge on any atom is -0.466 e. The van der Waals surface area contributed by atoms with Gasteiger partial charge in [0.25, 0.3) is 0 Å². The molecule has 1 N–H and O–H groups in total. The molecule has 0 bridgehead atoms. The van der Waals surface area contributed by atoms with Crippen molar-refractivity contribution in [3.63, 3.8) is 0 Å². The Kier molecular flexibility index (Phi) is 7.33. The van der Waals surface area contributed by atoms with Gasteiger partial charge in [-0.25, -0.2) is 13.6 Å². The molecule has 0 aliphatic heterocycles. The Bertz CT molecular complexity index is 303. The van der Waals surface area contributed by atoms with Gasteiger partial charge in [-0.15, -0.1) is 0 Å². The second-order valence-electron chi connectivity index (χ2n) is 4.96. The third-order valence-corrected chi connectivity index (χ3v) is 1.97. The largest absolute Gasteiger partial charge is 0.466 e. The molecule has 0 aliphatic carbocycles. The van der Waals surface area contributed by atoms with E-state index < -0.39 is 36.4 Å². The first-order chi connectivity index (χ1) is 8.65. The molecule has 0 spiro atoms. The van der Waals surface area contributed by atoms with Gasteiger partial charge in [-0.2, -0.15) is 0 Å². The monoisotopic (exact) mass is 281 g/mol. The zero-order chi connectivity index (χ0) is 15.1. The third-order valence-electron chi connectivity index (χ3n) is 1.97. The lowest BCUT2D eigenvalue weighted by Crippen LogP contribution is -2.38. The summed E-state index contributed by atoms with van der Waals surface area (Å²) >= 11 is 0. The van der Waals surface area contributed by atoms with Crippen molar-refractivity contribution in [2.75, 3.05) is 13.2 Å². The van der Waals surface area contributed by atoms with Crippen molar-refractivity contribution in [1.82, 2.24) is 5.32 Å². The lowest BCUT2D eigenvalue weighted by atomic mass is 10.1. The molecule has 0 fully saturated rings. The lowest BCUT2D eigenvalue weighted by molar-refractivity contribution is -0.149. The van der Waals surface area contributed by atoms with E-state index in [4.69, 9.17) is 4.74 Å². The number of ether oxygens (including phenoxy) is 2. The number of nitrogens with one attached hydrogen (secondary N) is 1. The van der Waals surface area contributed by atoms with Gasteiger partial charge in [-0.3, -0.25) is 4.79 Å². The molecule has 112 valence electrons. The molecule has 0 aromatic carbocycles. The van der Waals surface area contributed by atoms with Crippen LogP contribution in [0.25, 0.3) is 0 Å². The van der Waals surface area contributed by atoms with Crippen LogP contribution in [-0.2, 0) is 14.3 Å². The van der Waals surface area contributed by atoms with Gasteiger partial charge in [0.2, 0.25) is 6.43 Å². The molecule has 0 saturated carbocycles. The summed E-state index contributed by atoms with van der Waals surface area (Å²) in [5, 5.41) is 2.29. The molecule has 0 heterocycles. The number of hydrogen-bond acceptors (Lipinski definition) is 4. The van der Waals surface area contributed by atoms with Crippen molar-refractivity contribution in [2.45, 2.75) is 46.1 Å². The zero-order valence-corrected chi connectivity index (χ0v) is 11.7. The molecule has 1 amide bonds. The summed E-state index contributed by atoms with van der Waals surface area (Å²) < 4.78 is 34.3. The summed E-state index contributed by atoms with van der Waals surface area (Å²) in [7, 11) is 0. The van der Waals surface area contributed by atoms with Gasteiger partial charge in [-0.05, 0) is 27.7 Å². The van der Waals surface area contributed by atoms with Crippen LogP contribution in [-0.4, -0.2) is 37.2 Å². The Morgan fingerprint density at radius 2 is 1.84 bits per heavy atom. The van der Waals surface area contributed by atoms with Gasteiger partial charge in [0.05, 0.1) is 12.5 Å².